The van der Waals surface area contributed by atoms with E-state index in [-0.39, 0.29) is 17.9 Å². The molecule has 3 rings (SSSR count). The number of hydrogen-bond acceptors (Lipinski definition) is 4. The molecule has 28 heavy (non-hydrogen) atoms. The molecule has 6 heteroatoms. The van der Waals surface area contributed by atoms with Crippen molar-refractivity contribution in [1.82, 2.24) is 10.2 Å². The van der Waals surface area contributed by atoms with Gasteiger partial charge in [-0.1, -0.05) is 19.8 Å². The summed E-state index contributed by atoms with van der Waals surface area (Å²) in [7, 11) is 0. The van der Waals surface area contributed by atoms with Crippen molar-refractivity contribution in [1.29, 1.82) is 0 Å². The maximum Gasteiger partial charge on any atom is 0.238 e. The van der Waals surface area contributed by atoms with Crippen molar-refractivity contribution >= 4 is 23.2 Å². The van der Waals surface area contributed by atoms with E-state index in [2.05, 4.69) is 32.6 Å². The molecule has 2 N–H and O–H groups in total. The van der Waals surface area contributed by atoms with E-state index in [0.717, 1.165) is 44.7 Å². The van der Waals surface area contributed by atoms with Gasteiger partial charge >= 0.3 is 0 Å². The molecule has 2 aliphatic rings. The van der Waals surface area contributed by atoms with Crippen LogP contribution in [-0.4, -0.2) is 55.5 Å². The monoisotopic (exact) mass is 386 g/mol. The van der Waals surface area contributed by atoms with Crippen molar-refractivity contribution in [3.8, 4) is 0 Å². The van der Waals surface area contributed by atoms with Crippen LogP contribution in [0.1, 0.15) is 51.9 Å². The summed E-state index contributed by atoms with van der Waals surface area (Å²) in [4.78, 5) is 28.6. The molecule has 2 saturated heterocycles. The summed E-state index contributed by atoms with van der Waals surface area (Å²) in [5.41, 5.74) is 2.09. The van der Waals surface area contributed by atoms with Gasteiger partial charge in [0.15, 0.2) is 0 Å². The van der Waals surface area contributed by atoms with Crippen molar-refractivity contribution < 1.29 is 9.59 Å². The van der Waals surface area contributed by atoms with Gasteiger partial charge in [-0.3, -0.25) is 14.5 Å². The lowest BCUT2D eigenvalue weighted by atomic mass is 10.1. The maximum absolute atomic E-state index is 12.4. The highest BCUT2D eigenvalue weighted by Crippen LogP contribution is 2.21. The zero-order chi connectivity index (χ0) is 19.8. The van der Waals surface area contributed by atoms with Crippen molar-refractivity contribution in [3.63, 3.8) is 0 Å². The number of likely N-dealkylation sites (tertiary alicyclic amines) is 1. The number of rotatable bonds is 6. The molecule has 154 valence electrons. The molecule has 0 saturated carbocycles. The van der Waals surface area contributed by atoms with Gasteiger partial charge in [-0.15, -0.1) is 0 Å². The number of carbonyl (C=O) groups is 2. The van der Waals surface area contributed by atoms with E-state index in [9.17, 15) is 9.59 Å². The van der Waals surface area contributed by atoms with Crippen molar-refractivity contribution in [2.75, 3.05) is 42.9 Å². The predicted octanol–water partition coefficient (Wildman–Crippen LogP) is 3.00. The van der Waals surface area contributed by atoms with Gasteiger partial charge in [0.1, 0.15) is 0 Å². The van der Waals surface area contributed by atoms with Crippen LogP contribution < -0.4 is 15.5 Å². The standard InChI is InChI=1S/C22H34N4O2/c1-2-21(27)24-19-8-7-13-25(16-19)17-22(28)23-18-9-11-20(12-10-18)26-14-5-3-4-6-15-26/h9-12,19H,2-8,13-17H2,1H3,(H,23,28)(H,24,27). The van der Waals surface area contributed by atoms with Crippen molar-refractivity contribution in [2.45, 2.75) is 57.9 Å². The van der Waals surface area contributed by atoms with Crippen LogP contribution in [0.5, 0.6) is 0 Å². The summed E-state index contributed by atoms with van der Waals surface area (Å²) in [6, 6.07) is 8.37. The molecule has 0 aliphatic carbocycles. The average molecular weight is 387 g/mol. The SMILES string of the molecule is CCC(=O)NC1CCCN(CC(=O)Nc2ccc(N3CCCCCC3)cc2)C1. The highest BCUT2D eigenvalue weighted by atomic mass is 16.2. The third-order valence-electron chi connectivity index (χ3n) is 5.68. The third-order valence-corrected chi connectivity index (χ3v) is 5.68. The van der Waals surface area contributed by atoms with E-state index in [4.69, 9.17) is 0 Å². The molecule has 2 heterocycles. The van der Waals surface area contributed by atoms with E-state index in [1.807, 2.05) is 19.1 Å². The summed E-state index contributed by atoms with van der Waals surface area (Å²) in [6.07, 6.45) is 7.66. The molecule has 1 unspecified atom stereocenters. The minimum atomic E-state index is 0.00462. The van der Waals surface area contributed by atoms with Crippen LogP contribution in [-0.2, 0) is 9.59 Å². The van der Waals surface area contributed by atoms with E-state index in [1.54, 1.807) is 0 Å². The quantitative estimate of drug-likeness (QED) is 0.789. The van der Waals surface area contributed by atoms with Gasteiger partial charge < -0.3 is 15.5 Å². The molecular weight excluding hydrogens is 352 g/mol. The molecular formula is C22H34N4O2. The Morgan fingerprint density at radius 1 is 0.964 bits per heavy atom. The molecule has 0 bridgehead atoms. The fraction of sp³-hybridized carbons (Fsp3) is 0.636. The molecule has 0 aromatic heterocycles. The second kappa shape index (κ2) is 10.5. The van der Waals surface area contributed by atoms with Gasteiger partial charge in [0.2, 0.25) is 11.8 Å². The first kappa shape index (κ1) is 20.6. The fourth-order valence-corrected chi connectivity index (χ4v) is 4.13. The number of nitrogens with one attached hydrogen (secondary N) is 2. The van der Waals surface area contributed by atoms with Crippen LogP contribution in [0.25, 0.3) is 0 Å². The van der Waals surface area contributed by atoms with E-state index in [0.29, 0.717) is 13.0 Å². The highest BCUT2D eigenvalue weighted by Gasteiger charge is 2.22. The molecule has 2 amide bonds. The van der Waals surface area contributed by atoms with E-state index in [1.165, 1.54) is 31.4 Å². The fourth-order valence-electron chi connectivity index (χ4n) is 4.13. The number of amides is 2. The molecule has 2 fully saturated rings. The lowest BCUT2D eigenvalue weighted by Crippen LogP contribution is -2.49. The van der Waals surface area contributed by atoms with Gasteiger partial charge in [-0.05, 0) is 56.5 Å². The molecule has 1 aromatic rings. The maximum atomic E-state index is 12.4. The number of anilines is 2. The minimum absolute atomic E-state index is 0.00462. The normalized spacial score (nSPS) is 21.0. The zero-order valence-electron chi connectivity index (χ0n) is 17.1. The Bertz CT molecular complexity index is 638. The summed E-state index contributed by atoms with van der Waals surface area (Å²) < 4.78 is 0. The minimum Gasteiger partial charge on any atom is -0.372 e. The number of benzene rings is 1. The van der Waals surface area contributed by atoms with Crippen molar-refractivity contribution in [3.05, 3.63) is 24.3 Å². The van der Waals surface area contributed by atoms with Crippen molar-refractivity contribution in [2.24, 2.45) is 0 Å². The number of carbonyl (C=O) groups excluding carboxylic acids is 2. The Labute approximate surface area is 168 Å². The van der Waals surface area contributed by atoms with Crippen LogP contribution in [0.4, 0.5) is 11.4 Å². The molecule has 1 aromatic carbocycles. The van der Waals surface area contributed by atoms with Gasteiger partial charge in [0.05, 0.1) is 6.54 Å². The summed E-state index contributed by atoms with van der Waals surface area (Å²) in [5.74, 6) is 0.0887. The Kier molecular flexibility index (Phi) is 7.71. The lowest BCUT2D eigenvalue weighted by molar-refractivity contribution is -0.121. The van der Waals surface area contributed by atoms with E-state index >= 15 is 0 Å². The van der Waals surface area contributed by atoms with Gasteiger partial charge in [0, 0.05) is 43.5 Å². The first-order chi connectivity index (χ1) is 13.6. The molecule has 0 spiro atoms. The highest BCUT2D eigenvalue weighted by molar-refractivity contribution is 5.92. The number of nitrogens with zero attached hydrogens (tertiary/aromatic N) is 2. The number of piperidine rings is 1. The summed E-state index contributed by atoms with van der Waals surface area (Å²) in [5, 5.41) is 6.06. The third kappa shape index (κ3) is 6.23. The first-order valence-electron chi connectivity index (χ1n) is 10.8. The summed E-state index contributed by atoms with van der Waals surface area (Å²) in [6.45, 7) is 6.12. The van der Waals surface area contributed by atoms with Crippen LogP contribution in [0.15, 0.2) is 24.3 Å². The molecule has 0 radical (unpaired) electrons. The van der Waals surface area contributed by atoms with Crippen LogP contribution in [0, 0.1) is 0 Å². The summed E-state index contributed by atoms with van der Waals surface area (Å²) >= 11 is 0. The Hall–Kier alpha value is -2.08. The Morgan fingerprint density at radius 3 is 2.36 bits per heavy atom. The van der Waals surface area contributed by atoms with Gasteiger partial charge in [-0.25, -0.2) is 0 Å². The van der Waals surface area contributed by atoms with Crippen LogP contribution >= 0.6 is 0 Å². The predicted molar refractivity (Wildman–Crippen MR) is 114 cm³/mol. The Morgan fingerprint density at radius 2 is 1.68 bits per heavy atom. The molecule has 2 aliphatic heterocycles. The largest absolute Gasteiger partial charge is 0.372 e. The first-order valence-corrected chi connectivity index (χ1v) is 10.8. The van der Waals surface area contributed by atoms with Gasteiger partial charge in [0.25, 0.3) is 0 Å². The zero-order valence-corrected chi connectivity index (χ0v) is 17.1. The number of hydrogen-bond donors (Lipinski definition) is 2. The molecule has 6 nitrogen and oxygen atoms in total. The van der Waals surface area contributed by atoms with E-state index < -0.39 is 0 Å². The van der Waals surface area contributed by atoms with Gasteiger partial charge in [-0.2, -0.15) is 0 Å². The lowest BCUT2D eigenvalue weighted by Gasteiger charge is -2.32. The van der Waals surface area contributed by atoms with Crippen LogP contribution in [0.3, 0.4) is 0 Å². The molecule has 1 atom stereocenters. The van der Waals surface area contributed by atoms with Crippen LogP contribution in [0.2, 0.25) is 0 Å². The topological polar surface area (TPSA) is 64.7 Å². The second-order valence-electron chi connectivity index (χ2n) is 7.99. The Balaban J connectivity index is 1.47. The average Bonchev–Trinajstić information content (AvgIpc) is 2.98. The second-order valence-corrected chi connectivity index (χ2v) is 7.99. The smallest absolute Gasteiger partial charge is 0.238 e.